The molecule has 0 amide bonds. The summed E-state index contributed by atoms with van der Waals surface area (Å²) < 4.78 is 5.68. The summed E-state index contributed by atoms with van der Waals surface area (Å²) in [6.45, 7) is 6.17. The Morgan fingerprint density at radius 3 is 3.00 bits per heavy atom. The minimum atomic E-state index is -0.0993. The van der Waals surface area contributed by atoms with Crippen molar-refractivity contribution in [1.29, 1.82) is 0 Å². The predicted octanol–water partition coefficient (Wildman–Crippen LogP) is 3.51. The molecule has 1 aliphatic carbocycles. The number of nitrogens with one attached hydrogen (secondary N) is 1. The molecule has 2 N–H and O–H groups in total. The second kappa shape index (κ2) is 7.81. The van der Waals surface area contributed by atoms with Crippen LogP contribution < -0.4 is 10.1 Å². The van der Waals surface area contributed by atoms with Crippen LogP contribution in [0.15, 0.2) is 24.3 Å². The van der Waals surface area contributed by atoms with Crippen molar-refractivity contribution in [1.82, 2.24) is 5.32 Å². The van der Waals surface area contributed by atoms with Gasteiger partial charge in [0.2, 0.25) is 0 Å². The van der Waals surface area contributed by atoms with E-state index in [0.717, 1.165) is 38.2 Å². The smallest absolute Gasteiger partial charge is 0.119 e. The average Bonchev–Trinajstić information content (AvgIpc) is 2.51. The van der Waals surface area contributed by atoms with E-state index in [4.69, 9.17) is 4.74 Å². The summed E-state index contributed by atoms with van der Waals surface area (Å²) in [5.74, 6) is 1.63. The molecule has 0 heterocycles. The van der Waals surface area contributed by atoms with E-state index < -0.39 is 0 Å². The molecule has 1 aromatic carbocycles. The van der Waals surface area contributed by atoms with E-state index in [9.17, 15) is 5.11 Å². The molecule has 1 fully saturated rings. The van der Waals surface area contributed by atoms with Gasteiger partial charge in [-0.15, -0.1) is 0 Å². The average molecular weight is 291 g/mol. The third-order valence-electron chi connectivity index (χ3n) is 4.43. The van der Waals surface area contributed by atoms with Crippen LogP contribution in [-0.2, 0) is 6.54 Å². The summed E-state index contributed by atoms with van der Waals surface area (Å²) >= 11 is 0. The Balaban J connectivity index is 1.94. The molecule has 2 atom stereocenters. The normalized spacial score (nSPS) is 25.8. The molecule has 21 heavy (non-hydrogen) atoms. The first-order valence-electron chi connectivity index (χ1n) is 8.25. The highest BCUT2D eigenvalue weighted by molar-refractivity contribution is 5.28. The van der Waals surface area contributed by atoms with Gasteiger partial charge in [-0.2, -0.15) is 0 Å². The van der Waals surface area contributed by atoms with E-state index in [0.29, 0.717) is 5.92 Å². The zero-order valence-electron chi connectivity index (χ0n) is 13.4. The summed E-state index contributed by atoms with van der Waals surface area (Å²) in [5.41, 5.74) is 1.12. The number of ether oxygens (including phenoxy) is 1. The summed E-state index contributed by atoms with van der Waals surface area (Å²) in [5, 5.41) is 13.4. The molecule has 3 heteroatoms. The van der Waals surface area contributed by atoms with Crippen molar-refractivity contribution < 1.29 is 9.84 Å². The summed E-state index contributed by atoms with van der Waals surface area (Å²) in [4.78, 5) is 0. The lowest BCUT2D eigenvalue weighted by Crippen LogP contribution is -2.51. The van der Waals surface area contributed by atoms with Crippen LogP contribution in [0.1, 0.15) is 51.5 Å². The Kier molecular flexibility index (Phi) is 6.07. The van der Waals surface area contributed by atoms with Crippen LogP contribution in [0.2, 0.25) is 0 Å². The van der Waals surface area contributed by atoms with Gasteiger partial charge in [-0.05, 0) is 42.9 Å². The van der Waals surface area contributed by atoms with Crippen LogP contribution in [-0.4, -0.2) is 23.9 Å². The molecule has 0 aromatic heterocycles. The van der Waals surface area contributed by atoms with Gasteiger partial charge in [-0.3, -0.25) is 0 Å². The van der Waals surface area contributed by atoms with Crippen molar-refractivity contribution in [3.05, 3.63) is 29.8 Å². The summed E-state index contributed by atoms with van der Waals surface area (Å²) in [6.07, 6.45) is 5.64. The Morgan fingerprint density at radius 2 is 2.29 bits per heavy atom. The second-order valence-corrected chi connectivity index (χ2v) is 6.49. The van der Waals surface area contributed by atoms with Crippen molar-refractivity contribution in [2.24, 2.45) is 5.92 Å². The zero-order chi connectivity index (χ0) is 15.1. The maximum absolute atomic E-state index is 9.82. The lowest BCUT2D eigenvalue weighted by Gasteiger charge is -2.39. The molecule has 0 radical (unpaired) electrons. The van der Waals surface area contributed by atoms with Crippen LogP contribution >= 0.6 is 0 Å². The number of hydrogen-bond donors (Lipinski definition) is 2. The highest BCUT2D eigenvalue weighted by atomic mass is 16.5. The second-order valence-electron chi connectivity index (χ2n) is 6.49. The molecule has 1 aromatic rings. The maximum atomic E-state index is 9.82. The number of hydrogen-bond acceptors (Lipinski definition) is 3. The molecule has 0 bridgehead atoms. The van der Waals surface area contributed by atoms with E-state index >= 15 is 0 Å². The van der Waals surface area contributed by atoms with E-state index in [1.807, 2.05) is 12.1 Å². The molecule has 3 nitrogen and oxygen atoms in total. The summed E-state index contributed by atoms with van der Waals surface area (Å²) in [7, 11) is 0. The van der Waals surface area contributed by atoms with Crippen molar-refractivity contribution >= 4 is 0 Å². The fourth-order valence-corrected chi connectivity index (χ4v) is 3.27. The number of rotatable bonds is 7. The zero-order valence-corrected chi connectivity index (χ0v) is 13.4. The van der Waals surface area contributed by atoms with Crippen molar-refractivity contribution in [3.8, 4) is 5.75 Å². The predicted molar refractivity (Wildman–Crippen MR) is 86.5 cm³/mol. The minimum absolute atomic E-state index is 0.0993. The highest BCUT2D eigenvalue weighted by Crippen LogP contribution is 2.32. The monoisotopic (exact) mass is 291 g/mol. The van der Waals surface area contributed by atoms with Gasteiger partial charge in [0, 0.05) is 12.1 Å². The van der Waals surface area contributed by atoms with Gasteiger partial charge < -0.3 is 15.2 Å². The number of aliphatic hydroxyl groups excluding tert-OH is 1. The fraction of sp³-hybridized carbons (Fsp3) is 0.667. The van der Waals surface area contributed by atoms with Gasteiger partial charge in [0.25, 0.3) is 0 Å². The highest BCUT2D eigenvalue weighted by Gasteiger charge is 2.33. The van der Waals surface area contributed by atoms with Gasteiger partial charge >= 0.3 is 0 Å². The molecule has 0 saturated heterocycles. The van der Waals surface area contributed by atoms with Gasteiger partial charge in [-0.25, -0.2) is 0 Å². The minimum Gasteiger partial charge on any atom is -0.494 e. The largest absolute Gasteiger partial charge is 0.494 e. The van der Waals surface area contributed by atoms with Crippen LogP contribution in [0.25, 0.3) is 0 Å². The summed E-state index contributed by atoms with van der Waals surface area (Å²) in [6, 6.07) is 8.25. The molecular formula is C18H29NO2. The third kappa shape index (κ3) is 4.72. The first-order chi connectivity index (χ1) is 10.2. The third-order valence-corrected chi connectivity index (χ3v) is 4.43. The van der Waals surface area contributed by atoms with Crippen LogP contribution in [0, 0.1) is 5.92 Å². The molecule has 0 spiro atoms. The Morgan fingerprint density at radius 1 is 1.43 bits per heavy atom. The molecule has 1 aliphatic rings. The van der Waals surface area contributed by atoms with Gasteiger partial charge in [0.15, 0.2) is 0 Å². The van der Waals surface area contributed by atoms with E-state index in [2.05, 4.69) is 31.3 Å². The van der Waals surface area contributed by atoms with Crippen molar-refractivity contribution in [3.63, 3.8) is 0 Å². The van der Waals surface area contributed by atoms with Crippen LogP contribution in [0.5, 0.6) is 5.75 Å². The van der Waals surface area contributed by atoms with Gasteiger partial charge in [0.1, 0.15) is 5.75 Å². The SMILES string of the molecule is CCCOc1cccc(CNC2(CO)CCCC(C)C2)c1. The number of benzene rings is 1. The van der Waals surface area contributed by atoms with E-state index in [-0.39, 0.29) is 12.1 Å². The van der Waals surface area contributed by atoms with Gasteiger partial charge in [0.05, 0.1) is 13.2 Å². The molecular weight excluding hydrogens is 262 g/mol. The van der Waals surface area contributed by atoms with Crippen LogP contribution in [0.4, 0.5) is 0 Å². The van der Waals surface area contributed by atoms with Gasteiger partial charge in [-0.1, -0.05) is 38.8 Å². The molecule has 2 rings (SSSR count). The molecule has 1 saturated carbocycles. The van der Waals surface area contributed by atoms with Crippen molar-refractivity contribution in [2.75, 3.05) is 13.2 Å². The quantitative estimate of drug-likeness (QED) is 0.808. The molecule has 118 valence electrons. The van der Waals surface area contributed by atoms with Crippen molar-refractivity contribution in [2.45, 2.75) is 58.0 Å². The fourth-order valence-electron chi connectivity index (χ4n) is 3.27. The molecule has 2 unspecified atom stereocenters. The topological polar surface area (TPSA) is 41.5 Å². The Bertz CT molecular complexity index is 435. The molecule has 0 aliphatic heterocycles. The Hall–Kier alpha value is -1.06. The first-order valence-corrected chi connectivity index (χ1v) is 8.25. The maximum Gasteiger partial charge on any atom is 0.119 e. The number of aliphatic hydroxyl groups is 1. The van der Waals surface area contributed by atoms with E-state index in [1.165, 1.54) is 18.4 Å². The Labute approximate surface area is 128 Å². The standard InChI is InChI=1S/C18H29NO2/c1-3-10-21-17-8-4-7-16(11-17)13-19-18(14-20)9-5-6-15(2)12-18/h4,7-8,11,15,19-20H,3,5-6,9-10,12-14H2,1-2H3. The van der Waals surface area contributed by atoms with Crippen LogP contribution in [0.3, 0.4) is 0 Å². The van der Waals surface area contributed by atoms with E-state index in [1.54, 1.807) is 0 Å². The lowest BCUT2D eigenvalue weighted by atomic mass is 9.77. The lowest BCUT2D eigenvalue weighted by molar-refractivity contribution is 0.0982. The first kappa shape index (κ1) is 16.3.